The first-order valence-electron chi connectivity index (χ1n) is 6.45. The molecule has 3 rings (SSSR count). The molecule has 0 unspecified atom stereocenters. The topological polar surface area (TPSA) is 70.2 Å². The second kappa shape index (κ2) is 6.04. The molecule has 1 aromatic carbocycles. The monoisotopic (exact) mass is 283 g/mol. The highest BCUT2D eigenvalue weighted by Crippen LogP contribution is 2.06. The normalized spacial score (nSPS) is 10.5. The van der Waals surface area contributed by atoms with Crippen LogP contribution in [0, 0.1) is 0 Å². The van der Waals surface area contributed by atoms with Crippen LogP contribution in [0.2, 0.25) is 0 Å². The summed E-state index contributed by atoms with van der Waals surface area (Å²) in [6, 6.07) is 13.1. The van der Waals surface area contributed by atoms with Crippen molar-refractivity contribution in [2.75, 3.05) is 0 Å². The van der Waals surface area contributed by atoms with Crippen molar-refractivity contribution in [1.29, 1.82) is 0 Å². The van der Waals surface area contributed by atoms with E-state index in [1.807, 2.05) is 30.3 Å². The van der Waals surface area contributed by atoms with Crippen LogP contribution in [0.25, 0.3) is 0 Å². The van der Waals surface area contributed by atoms with E-state index in [4.69, 9.17) is 9.15 Å². The standard InChI is InChI=1S/C15H13N3O3/c19-15(14-7-4-8-20-14)21-11-13-10-18(17-16-13)9-12-5-2-1-3-6-12/h1-8,10H,9,11H2. The predicted octanol–water partition coefficient (Wildman–Crippen LogP) is 2.28. The predicted molar refractivity (Wildman–Crippen MR) is 73.4 cm³/mol. The van der Waals surface area contributed by atoms with E-state index in [2.05, 4.69) is 10.3 Å². The molecule has 0 aliphatic carbocycles. The smallest absolute Gasteiger partial charge is 0.374 e. The van der Waals surface area contributed by atoms with Crippen molar-refractivity contribution in [3.63, 3.8) is 0 Å². The van der Waals surface area contributed by atoms with Crippen molar-refractivity contribution in [3.05, 3.63) is 71.9 Å². The first-order valence-corrected chi connectivity index (χ1v) is 6.45. The highest BCUT2D eigenvalue weighted by molar-refractivity contribution is 5.86. The maximum absolute atomic E-state index is 11.6. The molecule has 0 saturated carbocycles. The van der Waals surface area contributed by atoms with Crippen molar-refractivity contribution in [1.82, 2.24) is 15.0 Å². The largest absolute Gasteiger partial charge is 0.457 e. The Kier molecular flexibility index (Phi) is 3.77. The summed E-state index contributed by atoms with van der Waals surface area (Å²) in [5.41, 5.74) is 1.72. The Morgan fingerprint density at radius 2 is 2.05 bits per heavy atom. The Bertz CT molecular complexity index is 705. The third-order valence-electron chi connectivity index (χ3n) is 2.85. The summed E-state index contributed by atoms with van der Waals surface area (Å²) >= 11 is 0. The highest BCUT2D eigenvalue weighted by atomic mass is 16.5. The van der Waals surface area contributed by atoms with Crippen molar-refractivity contribution < 1.29 is 13.9 Å². The van der Waals surface area contributed by atoms with E-state index >= 15 is 0 Å². The van der Waals surface area contributed by atoms with E-state index in [0.717, 1.165) is 5.56 Å². The van der Waals surface area contributed by atoms with Gasteiger partial charge in [0.1, 0.15) is 12.3 Å². The number of nitrogens with zero attached hydrogens (tertiary/aromatic N) is 3. The molecule has 0 saturated heterocycles. The van der Waals surface area contributed by atoms with E-state index in [1.54, 1.807) is 23.0 Å². The number of furan rings is 1. The molecule has 0 aliphatic heterocycles. The second-order valence-corrected chi connectivity index (χ2v) is 4.45. The van der Waals surface area contributed by atoms with Crippen LogP contribution in [0.15, 0.2) is 59.3 Å². The Labute approximate surface area is 121 Å². The molecule has 6 nitrogen and oxygen atoms in total. The summed E-state index contributed by atoms with van der Waals surface area (Å²) in [6.45, 7) is 0.689. The van der Waals surface area contributed by atoms with Gasteiger partial charge in [0.2, 0.25) is 5.76 Å². The summed E-state index contributed by atoms with van der Waals surface area (Å²) in [6.07, 6.45) is 3.18. The van der Waals surface area contributed by atoms with E-state index in [1.165, 1.54) is 6.26 Å². The number of hydrogen-bond acceptors (Lipinski definition) is 5. The van der Waals surface area contributed by atoms with Crippen LogP contribution in [0.3, 0.4) is 0 Å². The summed E-state index contributed by atoms with van der Waals surface area (Å²) in [5.74, 6) is -0.343. The zero-order valence-corrected chi connectivity index (χ0v) is 11.2. The zero-order chi connectivity index (χ0) is 14.5. The van der Waals surface area contributed by atoms with Crippen molar-refractivity contribution >= 4 is 5.97 Å². The van der Waals surface area contributed by atoms with Gasteiger partial charge < -0.3 is 9.15 Å². The fourth-order valence-electron chi connectivity index (χ4n) is 1.86. The molecule has 0 atom stereocenters. The highest BCUT2D eigenvalue weighted by Gasteiger charge is 2.11. The number of aromatic nitrogens is 3. The van der Waals surface area contributed by atoms with E-state index in [-0.39, 0.29) is 12.4 Å². The molecule has 0 spiro atoms. The Hall–Kier alpha value is -2.89. The summed E-state index contributed by atoms with van der Waals surface area (Å²) in [5, 5.41) is 7.97. The number of esters is 1. The zero-order valence-electron chi connectivity index (χ0n) is 11.2. The molecule has 2 heterocycles. The molecular weight excluding hydrogens is 270 g/mol. The number of ether oxygens (including phenoxy) is 1. The third kappa shape index (κ3) is 3.36. The van der Waals surface area contributed by atoms with Crippen LogP contribution in [-0.4, -0.2) is 21.0 Å². The lowest BCUT2D eigenvalue weighted by atomic mass is 10.2. The number of hydrogen-bond donors (Lipinski definition) is 0. The molecule has 21 heavy (non-hydrogen) atoms. The maximum atomic E-state index is 11.6. The summed E-state index contributed by atoms with van der Waals surface area (Å²) in [7, 11) is 0. The molecule has 0 radical (unpaired) electrons. The minimum Gasteiger partial charge on any atom is -0.457 e. The minimum atomic E-state index is -0.516. The van der Waals surface area contributed by atoms with Gasteiger partial charge in [-0.05, 0) is 17.7 Å². The second-order valence-electron chi connectivity index (χ2n) is 4.45. The molecule has 0 aliphatic rings. The van der Waals surface area contributed by atoms with Crippen LogP contribution in [0.5, 0.6) is 0 Å². The van der Waals surface area contributed by atoms with Crippen LogP contribution in [-0.2, 0) is 17.9 Å². The van der Waals surface area contributed by atoms with Gasteiger partial charge in [0.05, 0.1) is 19.0 Å². The summed E-state index contributed by atoms with van der Waals surface area (Å²) in [4.78, 5) is 11.6. The number of rotatable bonds is 5. The molecule has 0 amide bonds. The van der Waals surface area contributed by atoms with Gasteiger partial charge in [-0.25, -0.2) is 9.48 Å². The average Bonchev–Trinajstić information content (AvgIpc) is 3.17. The first-order chi connectivity index (χ1) is 10.3. The molecule has 106 valence electrons. The molecular formula is C15H13N3O3. The average molecular weight is 283 g/mol. The van der Waals surface area contributed by atoms with Crippen molar-refractivity contribution in [2.45, 2.75) is 13.2 Å². The SMILES string of the molecule is O=C(OCc1cn(Cc2ccccc2)nn1)c1ccco1. The Morgan fingerprint density at radius 1 is 1.19 bits per heavy atom. The number of benzene rings is 1. The molecule has 2 aromatic heterocycles. The Balaban J connectivity index is 1.57. The van der Waals surface area contributed by atoms with Gasteiger partial charge in [-0.2, -0.15) is 0 Å². The lowest BCUT2D eigenvalue weighted by molar-refractivity contribution is 0.0431. The van der Waals surface area contributed by atoms with E-state index in [9.17, 15) is 4.79 Å². The van der Waals surface area contributed by atoms with Crippen LogP contribution < -0.4 is 0 Å². The molecule has 6 heteroatoms. The first kappa shape index (κ1) is 13.1. The third-order valence-corrected chi connectivity index (χ3v) is 2.85. The van der Waals surface area contributed by atoms with Gasteiger partial charge in [0, 0.05) is 0 Å². The van der Waals surface area contributed by atoms with Gasteiger partial charge in [-0.15, -0.1) is 5.10 Å². The Morgan fingerprint density at radius 3 is 2.81 bits per heavy atom. The van der Waals surface area contributed by atoms with Crippen molar-refractivity contribution in [2.24, 2.45) is 0 Å². The number of carbonyl (C=O) groups excluding carboxylic acids is 1. The number of carbonyl (C=O) groups is 1. The fraction of sp³-hybridized carbons (Fsp3) is 0.133. The lowest BCUT2D eigenvalue weighted by Gasteiger charge is -2.00. The molecule has 0 bridgehead atoms. The minimum absolute atomic E-state index is 0.0638. The quantitative estimate of drug-likeness (QED) is 0.672. The molecule has 3 aromatic rings. The summed E-state index contributed by atoms with van der Waals surface area (Å²) < 4.78 is 11.7. The maximum Gasteiger partial charge on any atom is 0.374 e. The lowest BCUT2D eigenvalue weighted by Crippen LogP contribution is -2.04. The fourth-order valence-corrected chi connectivity index (χ4v) is 1.86. The molecule has 0 N–H and O–H groups in total. The van der Waals surface area contributed by atoms with Gasteiger partial charge in [-0.1, -0.05) is 35.5 Å². The van der Waals surface area contributed by atoms with Crippen LogP contribution in [0.1, 0.15) is 21.8 Å². The van der Waals surface area contributed by atoms with Gasteiger partial charge in [0.15, 0.2) is 0 Å². The van der Waals surface area contributed by atoms with Gasteiger partial charge in [-0.3, -0.25) is 0 Å². The van der Waals surface area contributed by atoms with E-state index in [0.29, 0.717) is 12.2 Å². The van der Waals surface area contributed by atoms with E-state index < -0.39 is 5.97 Å². The van der Waals surface area contributed by atoms with Crippen LogP contribution >= 0.6 is 0 Å². The molecule has 0 fully saturated rings. The van der Waals surface area contributed by atoms with Crippen LogP contribution in [0.4, 0.5) is 0 Å². The van der Waals surface area contributed by atoms with Gasteiger partial charge >= 0.3 is 5.97 Å². The van der Waals surface area contributed by atoms with Gasteiger partial charge in [0.25, 0.3) is 0 Å². The van der Waals surface area contributed by atoms with Crippen molar-refractivity contribution in [3.8, 4) is 0 Å².